The molecule has 1 amide bonds. The van der Waals surface area contributed by atoms with Crippen molar-refractivity contribution in [2.75, 3.05) is 6.54 Å². The quantitative estimate of drug-likeness (QED) is 0.761. The summed E-state index contributed by atoms with van der Waals surface area (Å²) in [7, 11) is -3.86. The van der Waals surface area contributed by atoms with E-state index >= 15 is 0 Å². The molecule has 2 unspecified atom stereocenters. The van der Waals surface area contributed by atoms with Crippen LogP contribution in [-0.2, 0) is 10.0 Å². The molecule has 1 aromatic carbocycles. The molecule has 26 heavy (non-hydrogen) atoms. The number of rotatable bonds is 5. The van der Waals surface area contributed by atoms with Gasteiger partial charge in [0.1, 0.15) is 0 Å². The summed E-state index contributed by atoms with van der Waals surface area (Å²) in [4.78, 5) is 12.2. The van der Waals surface area contributed by atoms with Gasteiger partial charge in [0.2, 0.25) is 10.0 Å². The molecule has 0 spiro atoms. The van der Waals surface area contributed by atoms with Crippen LogP contribution >= 0.6 is 0 Å². The Morgan fingerprint density at radius 2 is 2.04 bits per heavy atom. The van der Waals surface area contributed by atoms with E-state index in [4.69, 9.17) is 6.42 Å². The summed E-state index contributed by atoms with van der Waals surface area (Å²) in [5.74, 6) is 0.106. The van der Waals surface area contributed by atoms with E-state index in [1.165, 1.54) is 18.2 Å². The van der Waals surface area contributed by atoms with Gasteiger partial charge in [-0.25, -0.2) is 8.42 Å². The summed E-state index contributed by atoms with van der Waals surface area (Å²) in [5.41, 5.74) is 0.0581. The Kier molecular flexibility index (Phi) is 6.31. The molecule has 2 rings (SSSR count). The first-order chi connectivity index (χ1) is 12.1. The summed E-state index contributed by atoms with van der Waals surface area (Å²) in [6.45, 7) is -0.195. The van der Waals surface area contributed by atoms with Gasteiger partial charge in [0.25, 0.3) is 5.91 Å². The number of carbonyl (C=O) groups excluding carboxylic acids is 1. The summed E-state index contributed by atoms with van der Waals surface area (Å²) in [5, 5.41) is 2.57. The lowest BCUT2D eigenvalue weighted by molar-refractivity contribution is -0.183. The molecule has 1 aliphatic rings. The maximum absolute atomic E-state index is 12.9. The first kappa shape index (κ1) is 20.3. The van der Waals surface area contributed by atoms with Crippen molar-refractivity contribution in [3.8, 4) is 12.3 Å². The van der Waals surface area contributed by atoms with Crippen LogP contribution in [0.2, 0.25) is 0 Å². The number of hydrogen-bond donors (Lipinski definition) is 2. The van der Waals surface area contributed by atoms with Gasteiger partial charge in [0.05, 0.1) is 17.4 Å². The fraction of sp³-hybridized carbons (Fsp3) is 0.471. The summed E-state index contributed by atoms with van der Waals surface area (Å²) in [6.07, 6.45) is 1.46. The number of terminal acetylenes is 1. The van der Waals surface area contributed by atoms with Crippen LogP contribution in [0.5, 0.6) is 0 Å². The number of sulfonamides is 1. The molecule has 0 heterocycles. The van der Waals surface area contributed by atoms with E-state index in [-0.39, 0.29) is 29.8 Å². The van der Waals surface area contributed by atoms with Crippen molar-refractivity contribution in [2.45, 2.75) is 42.8 Å². The van der Waals surface area contributed by atoms with E-state index in [1.54, 1.807) is 0 Å². The number of hydrogen-bond acceptors (Lipinski definition) is 3. The standard InChI is InChI=1S/C17H19F3N2O3S/c1-2-9-21-26(24,25)15-8-3-5-12(10-15)16(23)22-14-7-4-6-13(11-14)17(18,19)20/h1,3,5,8,10,13-14,21H,4,6-7,9,11H2,(H,22,23). The van der Waals surface area contributed by atoms with Gasteiger partial charge in [-0.1, -0.05) is 18.4 Å². The molecule has 1 fully saturated rings. The highest BCUT2D eigenvalue weighted by molar-refractivity contribution is 7.89. The molecule has 0 bridgehead atoms. The zero-order valence-electron chi connectivity index (χ0n) is 13.8. The van der Waals surface area contributed by atoms with Gasteiger partial charge >= 0.3 is 6.18 Å². The largest absolute Gasteiger partial charge is 0.391 e. The van der Waals surface area contributed by atoms with Crippen LogP contribution in [0, 0.1) is 18.3 Å². The Morgan fingerprint density at radius 1 is 1.31 bits per heavy atom. The number of amides is 1. The molecular formula is C17H19F3N2O3S. The molecule has 9 heteroatoms. The van der Waals surface area contributed by atoms with Crippen LogP contribution in [-0.4, -0.2) is 33.1 Å². The molecule has 0 saturated heterocycles. The maximum Gasteiger partial charge on any atom is 0.391 e. The van der Waals surface area contributed by atoms with Crippen molar-refractivity contribution in [3.63, 3.8) is 0 Å². The minimum absolute atomic E-state index is 0.0581. The van der Waals surface area contributed by atoms with Gasteiger partial charge in [-0.15, -0.1) is 6.42 Å². The molecule has 1 aromatic rings. The maximum atomic E-state index is 12.9. The van der Waals surface area contributed by atoms with E-state index in [0.717, 1.165) is 6.07 Å². The van der Waals surface area contributed by atoms with Crippen molar-refractivity contribution in [1.29, 1.82) is 0 Å². The molecule has 5 nitrogen and oxygen atoms in total. The molecule has 142 valence electrons. The van der Waals surface area contributed by atoms with Crippen molar-refractivity contribution in [3.05, 3.63) is 29.8 Å². The van der Waals surface area contributed by atoms with Gasteiger partial charge in [-0.3, -0.25) is 4.79 Å². The molecular weight excluding hydrogens is 369 g/mol. The molecule has 1 saturated carbocycles. The molecule has 0 aromatic heterocycles. The Hall–Kier alpha value is -2.05. The van der Waals surface area contributed by atoms with E-state index in [0.29, 0.717) is 12.8 Å². The lowest BCUT2D eigenvalue weighted by Crippen LogP contribution is -2.41. The molecule has 2 atom stereocenters. The average molecular weight is 388 g/mol. The number of benzene rings is 1. The average Bonchev–Trinajstić information content (AvgIpc) is 2.59. The normalized spacial score (nSPS) is 21.0. The summed E-state index contributed by atoms with van der Waals surface area (Å²) >= 11 is 0. The van der Waals surface area contributed by atoms with Crippen LogP contribution in [0.4, 0.5) is 13.2 Å². The van der Waals surface area contributed by atoms with Crippen LogP contribution < -0.4 is 10.0 Å². The second-order valence-electron chi connectivity index (χ2n) is 6.13. The SMILES string of the molecule is C#CCNS(=O)(=O)c1cccc(C(=O)NC2CCCC(C(F)(F)F)C2)c1. The Bertz CT molecular complexity index is 800. The van der Waals surface area contributed by atoms with Gasteiger partial charge in [0, 0.05) is 11.6 Å². The highest BCUT2D eigenvalue weighted by Gasteiger charge is 2.42. The minimum Gasteiger partial charge on any atom is -0.349 e. The van der Waals surface area contributed by atoms with Crippen molar-refractivity contribution >= 4 is 15.9 Å². The second-order valence-corrected chi connectivity index (χ2v) is 7.90. The summed E-state index contributed by atoms with van der Waals surface area (Å²) in [6, 6.07) is 4.66. The minimum atomic E-state index is -4.28. The predicted molar refractivity (Wildman–Crippen MR) is 89.7 cm³/mol. The topological polar surface area (TPSA) is 75.3 Å². The van der Waals surface area contributed by atoms with Gasteiger partial charge < -0.3 is 5.32 Å². The fourth-order valence-electron chi connectivity index (χ4n) is 2.91. The van der Waals surface area contributed by atoms with Gasteiger partial charge in [-0.05, 0) is 37.5 Å². The molecule has 0 aliphatic heterocycles. The fourth-order valence-corrected chi connectivity index (χ4v) is 3.89. The third kappa shape index (κ3) is 5.22. The summed E-state index contributed by atoms with van der Waals surface area (Å²) < 4.78 is 64.8. The van der Waals surface area contributed by atoms with Crippen molar-refractivity contribution in [2.24, 2.45) is 5.92 Å². The van der Waals surface area contributed by atoms with E-state index < -0.39 is 34.1 Å². The monoisotopic (exact) mass is 388 g/mol. The van der Waals surface area contributed by atoms with Gasteiger partial charge in [-0.2, -0.15) is 17.9 Å². The van der Waals surface area contributed by atoms with Gasteiger partial charge in [0.15, 0.2) is 0 Å². The number of nitrogens with one attached hydrogen (secondary N) is 2. The predicted octanol–water partition coefficient (Wildman–Crippen LogP) is 2.45. The van der Waals surface area contributed by atoms with Crippen LogP contribution in [0.1, 0.15) is 36.0 Å². The molecule has 1 aliphatic carbocycles. The van der Waals surface area contributed by atoms with Crippen LogP contribution in [0.15, 0.2) is 29.2 Å². The third-order valence-electron chi connectivity index (χ3n) is 4.24. The van der Waals surface area contributed by atoms with E-state index in [9.17, 15) is 26.4 Å². The number of carbonyl (C=O) groups is 1. The number of halogens is 3. The van der Waals surface area contributed by atoms with Crippen LogP contribution in [0.3, 0.4) is 0 Å². The first-order valence-electron chi connectivity index (χ1n) is 8.04. The molecule has 0 radical (unpaired) electrons. The Balaban J connectivity index is 2.08. The Labute approximate surface area is 150 Å². The highest BCUT2D eigenvalue weighted by atomic mass is 32.2. The lowest BCUT2D eigenvalue weighted by atomic mass is 9.85. The third-order valence-corrected chi connectivity index (χ3v) is 5.64. The van der Waals surface area contributed by atoms with E-state index in [1.807, 2.05) is 0 Å². The Morgan fingerprint density at radius 3 is 2.69 bits per heavy atom. The number of alkyl halides is 3. The lowest BCUT2D eigenvalue weighted by Gasteiger charge is -2.31. The first-order valence-corrected chi connectivity index (χ1v) is 9.52. The molecule has 2 N–H and O–H groups in total. The van der Waals surface area contributed by atoms with Crippen molar-refractivity contribution in [1.82, 2.24) is 10.0 Å². The zero-order chi connectivity index (χ0) is 19.4. The zero-order valence-corrected chi connectivity index (χ0v) is 14.7. The highest BCUT2D eigenvalue weighted by Crippen LogP contribution is 2.37. The van der Waals surface area contributed by atoms with Crippen molar-refractivity contribution < 1.29 is 26.4 Å². The van der Waals surface area contributed by atoms with Crippen LogP contribution in [0.25, 0.3) is 0 Å². The second kappa shape index (κ2) is 8.10. The van der Waals surface area contributed by atoms with E-state index in [2.05, 4.69) is 16.0 Å². The smallest absolute Gasteiger partial charge is 0.349 e.